The normalized spacial score (nSPS) is 17.0. The first-order valence-electron chi connectivity index (χ1n) is 7.32. The molecule has 1 unspecified atom stereocenters. The lowest BCUT2D eigenvalue weighted by Gasteiger charge is -2.14. The Bertz CT molecular complexity index is 654. The molecule has 1 fully saturated rings. The molecule has 2 aromatic rings. The predicted octanol–water partition coefficient (Wildman–Crippen LogP) is 2.50. The number of hydrogen-bond acceptors (Lipinski definition) is 3. The van der Waals surface area contributed by atoms with Crippen LogP contribution in [-0.2, 0) is 11.3 Å². The Morgan fingerprint density at radius 3 is 2.86 bits per heavy atom. The van der Waals surface area contributed by atoms with Gasteiger partial charge in [-0.15, -0.1) is 12.4 Å². The number of carbonyl (C=O) groups excluding carboxylic acids is 1. The van der Waals surface area contributed by atoms with E-state index >= 15 is 0 Å². The van der Waals surface area contributed by atoms with Crippen LogP contribution in [0.4, 0.5) is 0 Å². The Balaban J connectivity index is 0.00000176. The average molecular weight is 321 g/mol. The molecule has 0 saturated carbocycles. The van der Waals surface area contributed by atoms with Gasteiger partial charge in [-0.2, -0.15) is 0 Å². The Morgan fingerprint density at radius 1 is 1.32 bits per heavy atom. The summed E-state index contributed by atoms with van der Waals surface area (Å²) in [4.78, 5) is 12.2. The molecule has 1 saturated heterocycles. The summed E-state index contributed by atoms with van der Waals surface area (Å²) in [5.74, 6) is 1.03. The van der Waals surface area contributed by atoms with E-state index in [1.54, 1.807) is 7.11 Å². The largest absolute Gasteiger partial charge is 0.496 e. The molecule has 1 atom stereocenters. The lowest BCUT2D eigenvalue weighted by Crippen LogP contribution is -2.31. The van der Waals surface area contributed by atoms with Crippen LogP contribution in [-0.4, -0.2) is 26.1 Å². The van der Waals surface area contributed by atoms with Gasteiger partial charge in [0.2, 0.25) is 5.91 Å². The number of rotatable bonds is 4. The number of halogens is 1. The fourth-order valence-electron chi connectivity index (χ4n) is 2.89. The number of methoxy groups -OCH3 is 1. The molecule has 1 aliphatic heterocycles. The molecule has 0 bridgehead atoms. The molecule has 5 heteroatoms. The summed E-state index contributed by atoms with van der Waals surface area (Å²) in [6.45, 7) is 2.20. The van der Waals surface area contributed by atoms with Gasteiger partial charge in [0.1, 0.15) is 5.75 Å². The minimum atomic E-state index is 0. The second-order valence-electron chi connectivity index (χ2n) is 5.38. The summed E-state index contributed by atoms with van der Waals surface area (Å²) in [6, 6.07) is 12.2. The first-order chi connectivity index (χ1) is 10.3. The van der Waals surface area contributed by atoms with Gasteiger partial charge in [0.15, 0.2) is 0 Å². The quantitative estimate of drug-likeness (QED) is 0.910. The highest BCUT2D eigenvalue weighted by Gasteiger charge is 2.22. The lowest BCUT2D eigenvalue weighted by molar-refractivity contribution is -0.124. The summed E-state index contributed by atoms with van der Waals surface area (Å²) < 4.78 is 5.45. The maximum Gasteiger partial charge on any atom is 0.224 e. The van der Waals surface area contributed by atoms with E-state index in [9.17, 15) is 4.79 Å². The van der Waals surface area contributed by atoms with E-state index in [1.807, 2.05) is 24.3 Å². The van der Waals surface area contributed by atoms with E-state index in [4.69, 9.17) is 4.74 Å². The topological polar surface area (TPSA) is 50.4 Å². The highest BCUT2D eigenvalue weighted by molar-refractivity contribution is 5.88. The number of nitrogens with one attached hydrogen (secondary N) is 2. The van der Waals surface area contributed by atoms with E-state index in [1.165, 1.54) is 0 Å². The predicted molar refractivity (Wildman–Crippen MR) is 90.6 cm³/mol. The van der Waals surface area contributed by atoms with Crippen LogP contribution >= 0.6 is 12.4 Å². The van der Waals surface area contributed by atoms with Crippen molar-refractivity contribution in [1.29, 1.82) is 0 Å². The molecular weight excluding hydrogens is 300 g/mol. The zero-order valence-electron chi connectivity index (χ0n) is 12.6. The standard InChI is InChI=1S/C17H20N2O2.ClH/c1-21-16-7-6-12-4-2-3-5-14(12)15(16)11-19-17(20)13-8-9-18-10-13;/h2-7,13,18H,8-11H2,1H3,(H,19,20);1H. The summed E-state index contributed by atoms with van der Waals surface area (Å²) in [5, 5.41) is 8.55. The zero-order valence-corrected chi connectivity index (χ0v) is 13.4. The van der Waals surface area contributed by atoms with Crippen molar-refractivity contribution >= 4 is 29.1 Å². The summed E-state index contributed by atoms with van der Waals surface area (Å²) in [5.41, 5.74) is 1.04. The van der Waals surface area contributed by atoms with Crippen molar-refractivity contribution in [2.45, 2.75) is 13.0 Å². The Kier molecular flexibility index (Phi) is 5.63. The summed E-state index contributed by atoms with van der Waals surface area (Å²) in [7, 11) is 1.66. The van der Waals surface area contributed by atoms with Gasteiger partial charge in [0.05, 0.1) is 13.0 Å². The van der Waals surface area contributed by atoms with Crippen LogP contribution in [0.2, 0.25) is 0 Å². The van der Waals surface area contributed by atoms with Crippen LogP contribution < -0.4 is 15.4 Å². The third-order valence-electron chi connectivity index (χ3n) is 4.09. The van der Waals surface area contributed by atoms with Crippen molar-refractivity contribution in [3.05, 3.63) is 42.0 Å². The maximum absolute atomic E-state index is 12.2. The number of carbonyl (C=O) groups is 1. The molecule has 0 radical (unpaired) electrons. The summed E-state index contributed by atoms with van der Waals surface area (Å²) >= 11 is 0. The second-order valence-corrected chi connectivity index (χ2v) is 5.38. The average Bonchev–Trinajstić information content (AvgIpc) is 3.06. The Hall–Kier alpha value is -1.78. The van der Waals surface area contributed by atoms with E-state index in [2.05, 4.69) is 22.8 Å². The van der Waals surface area contributed by atoms with Gasteiger partial charge in [0, 0.05) is 18.7 Å². The molecule has 1 amide bonds. The van der Waals surface area contributed by atoms with Crippen molar-refractivity contribution in [3.63, 3.8) is 0 Å². The lowest BCUT2D eigenvalue weighted by atomic mass is 10.0. The molecule has 0 aliphatic carbocycles. The third kappa shape index (κ3) is 3.34. The molecular formula is C17H21ClN2O2. The minimum absolute atomic E-state index is 0. The van der Waals surface area contributed by atoms with Gasteiger partial charge in [-0.3, -0.25) is 4.79 Å². The second kappa shape index (κ2) is 7.47. The molecule has 22 heavy (non-hydrogen) atoms. The van der Waals surface area contributed by atoms with Gasteiger partial charge >= 0.3 is 0 Å². The van der Waals surface area contributed by atoms with Gasteiger partial charge in [-0.05, 0) is 29.8 Å². The molecule has 0 aromatic heterocycles. The van der Waals surface area contributed by atoms with Crippen LogP contribution in [0.15, 0.2) is 36.4 Å². The molecule has 2 aromatic carbocycles. The van der Waals surface area contributed by atoms with Gasteiger partial charge in [0.25, 0.3) is 0 Å². The van der Waals surface area contributed by atoms with E-state index in [0.29, 0.717) is 6.54 Å². The van der Waals surface area contributed by atoms with Crippen molar-refractivity contribution < 1.29 is 9.53 Å². The van der Waals surface area contributed by atoms with Gasteiger partial charge in [-0.25, -0.2) is 0 Å². The first-order valence-corrected chi connectivity index (χ1v) is 7.32. The van der Waals surface area contributed by atoms with Gasteiger partial charge < -0.3 is 15.4 Å². The third-order valence-corrected chi connectivity index (χ3v) is 4.09. The van der Waals surface area contributed by atoms with Crippen LogP contribution in [0, 0.1) is 5.92 Å². The highest BCUT2D eigenvalue weighted by atomic mass is 35.5. The van der Waals surface area contributed by atoms with Crippen molar-refractivity contribution in [3.8, 4) is 5.75 Å². The van der Waals surface area contributed by atoms with Crippen molar-refractivity contribution in [2.75, 3.05) is 20.2 Å². The van der Waals surface area contributed by atoms with Crippen molar-refractivity contribution in [1.82, 2.24) is 10.6 Å². The smallest absolute Gasteiger partial charge is 0.224 e. The SMILES string of the molecule is COc1ccc2ccccc2c1CNC(=O)C1CCNC1.Cl. The van der Waals surface area contributed by atoms with E-state index in [0.717, 1.165) is 41.6 Å². The number of hydrogen-bond donors (Lipinski definition) is 2. The van der Waals surface area contributed by atoms with Crippen LogP contribution in [0.3, 0.4) is 0 Å². The molecule has 1 heterocycles. The Labute approximate surface area is 136 Å². The molecule has 2 N–H and O–H groups in total. The number of amides is 1. The molecule has 118 valence electrons. The fraction of sp³-hybridized carbons (Fsp3) is 0.353. The molecule has 3 rings (SSSR count). The highest BCUT2D eigenvalue weighted by Crippen LogP contribution is 2.27. The minimum Gasteiger partial charge on any atom is -0.496 e. The van der Waals surface area contributed by atoms with Crippen LogP contribution in [0.1, 0.15) is 12.0 Å². The molecule has 0 spiro atoms. The first kappa shape index (κ1) is 16.6. The van der Waals surface area contributed by atoms with Gasteiger partial charge in [-0.1, -0.05) is 30.3 Å². The number of ether oxygens (including phenoxy) is 1. The summed E-state index contributed by atoms with van der Waals surface area (Å²) in [6.07, 6.45) is 0.915. The maximum atomic E-state index is 12.2. The van der Waals surface area contributed by atoms with E-state index < -0.39 is 0 Å². The Morgan fingerprint density at radius 2 is 2.14 bits per heavy atom. The van der Waals surface area contributed by atoms with Crippen LogP contribution in [0.5, 0.6) is 5.75 Å². The number of fused-ring (bicyclic) bond motifs is 1. The van der Waals surface area contributed by atoms with Crippen LogP contribution in [0.25, 0.3) is 10.8 Å². The van der Waals surface area contributed by atoms with Crippen molar-refractivity contribution in [2.24, 2.45) is 5.92 Å². The fourth-order valence-corrected chi connectivity index (χ4v) is 2.89. The zero-order chi connectivity index (χ0) is 14.7. The number of benzene rings is 2. The molecule has 4 nitrogen and oxygen atoms in total. The molecule has 1 aliphatic rings. The monoisotopic (exact) mass is 320 g/mol. The van der Waals surface area contributed by atoms with E-state index in [-0.39, 0.29) is 24.2 Å².